The zero-order valence-corrected chi connectivity index (χ0v) is 16.1. The first-order valence-electron chi connectivity index (χ1n) is 8.88. The second-order valence-corrected chi connectivity index (χ2v) is 6.52. The molecule has 0 radical (unpaired) electrons. The minimum atomic E-state index is -0.558. The molecule has 0 saturated carbocycles. The molecule has 6 nitrogen and oxygen atoms in total. The summed E-state index contributed by atoms with van der Waals surface area (Å²) in [6.07, 6.45) is 0. The molecule has 0 unspecified atom stereocenters. The van der Waals surface area contributed by atoms with Crippen molar-refractivity contribution in [2.45, 2.75) is 19.9 Å². The molecule has 1 fully saturated rings. The molecule has 0 spiro atoms. The molecule has 1 atom stereocenters. The van der Waals surface area contributed by atoms with Crippen LogP contribution in [-0.4, -0.2) is 50.1 Å². The Morgan fingerprint density at radius 3 is 2.48 bits per heavy atom. The maximum atomic E-state index is 13.0. The van der Waals surface area contributed by atoms with Gasteiger partial charge >= 0.3 is 0 Å². The molecule has 2 aromatic rings. The predicted molar refractivity (Wildman–Crippen MR) is 104 cm³/mol. The number of anilines is 1. The molecule has 1 heterocycles. The van der Waals surface area contributed by atoms with Crippen LogP contribution >= 0.6 is 0 Å². The van der Waals surface area contributed by atoms with E-state index in [1.807, 2.05) is 25.1 Å². The zero-order valence-electron chi connectivity index (χ0n) is 16.1. The number of amides is 2. The summed E-state index contributed by atoms with van der Waals surface area (Å²) in [4.78, 5) is 29.3. The molecule has 0 N–H and O–H groups in total. The summed E-state index contributed by atoms with van der Waals surface area (Å²) >= 11 is 0. The first-order valence-corrected chi connectivity index (χ1v) is 8.88. The standard InChI is InChI=1S/C21H24N2O4/c1-14-7-5-6-8-17(14)21(25)22-11-12-23(20(24)15(22)2)18-10-9-16(26-3)13-19(18)27-4/h5-10,13,15H,11-12H2,1-4H3/t15-/m0/s1. The molecule has 0 aliphatic carbocycles. The molecule has 0 aromatic heterocycles. The van der Waals surface area contributed by atoms with Crippen LogP contribution in [0.4, 0.5) is 5.69 Å². The van der Waals surface area contributed by atoms with E-state index in [1.165, 1.54) is 0 Å². The number of piperazine rings is 1. The number of methoxy groups -OCH3 is 2. The van der Waals surface area contributed by atoms with Gasteiger partial charge in [0.1, 0.15) is 17.5 Å². The van der Waals surface area contributed by atoms with Gasteiger partial charge in [0.15, 0.2) is 0 Å². The molecule has 27 heavy (non-hydrogen) atoms. The first-order chi connectivity index (χ1) is 13.0. The van der Waals surface area contributed by atoms with Crippen molar-refractivity contribution >= 4 is 17.5 Å². The lowest BCUT2D eigenvalue weighted by Crippen LogP contribution is -2.57. The second kappa shape index (κ2) is 7.70. The van der Waals surface area contributed by atoms with Gasteiger partial charge in [-0.2, -0.15) is 0 Å². The van der Waals surface area contributed by atoms with Gasteiger partial charge in [-0.1, -0.05) is 18.2 Å². The molecule has 142 valence electrons. The lowest BCUT2D eigenvalue weighted by molar-refractivity contribution is -0.124. The van der Waals surface area contributed by atoms with Crippen molar-refractivity contribution in [1.29, 1.82) is 0 Å². The Hall–Kier alpha value is -3.02. The number of rotatable bonds is 4. The number of ether oxygens (including phenoxy) is 2. The summed E-state index contributed by atoms with van der Waals surface area (Å²) in [5, 5.41) is 0. The fourth-order valence-electron chi connectivity index (χ4n) is 3.36. The summed E-state index contributed by atoms with van der Waals surface area (Å²) in [5.41, 5.74) is 2.21. The highest BCUT2D eigenvalue weighted by atomic mass is 16.5. The Balaban J connectivity index is 1.85. The van der Waals surface area contributed by atoms with E-state index >= 15 is 0 Å². The van der Waals surface area contributed by atoms with Crippen LogP contribution in [0.5, 0.6) is 11.5 Å². The number of nitrogens with zero attached hydrogens (tertiary/aromatic N) is 2. The van der Waals surface area contributed by atoms with E-state index in [4.69, 9.17) is 9.47 Å². The van der Waals surface area contributed by atoms with Gasteiger partial charge in [-0.15, -0.1) is 0 Å². The van der Waals surface area contributed by atoms with Gasteiger partial charge < -0.3 is 19.3 Å². The van der Waals surface area contributed by atoms with E-state index in [1.54, 1.807) is 55.2 Å². The lowest BCUT2D eigenvalue weighted by Gasteiger charge is -2.39. The lowest BCUT2D eigenvalue weighted by atomic mass is 10.0. The van der Waals surface area contributed by atoms with Crippen molar-refractivity contribution in [2.75, 3.05) is 32.2 Å². The van der Waals surface area contributed by atoms with Crippen molar-refractivity contribution < 1.29 is 19.1 Å². The van der Waals surface area contributed by atoms with Gasteiger partial charge in [-0.25, -0.2) is 0 Å². The van der Waals surface area contributed by atoms with E-state index in [-0.39, 0.29) is 11.8 Å². The van der Waals surface area contributed by atoms with Crippen LogP contribution in [0.2, 0.25) is 0 Å². The van der Waals surface area contributed by atoms with Crippen molar-refractivity contribution in [2.24, 2.45) is 0 Å². The predicted octanol–water partition coefficient (Wildman–Crippen LogP) is 2.89. The van der Waals surface area contributed by atoms with Crippen LogP contribution < -0.4 is 14.4 Å². The van der Waals surface area contributed by atoms with Crippen LogP contribution in [0.3, 0.4) is 0 Å². The third-order valence-electron chi connectivity index (χ3n) is 4.97. The molecule has 3 rings (SSSR count). The molecule has 1 aliphatic heterocycles. The summed E-state index contributed by atoms with van der Waals surface area (Å²) in [6.45, 7) is 4.53. The number of hydrogen-bond acceptors (Lipinski definition) is 4. The number of hydrogen-bond donors (Lipinski definition) is 0. The number of carbonyl (C=O) groups is 2. The van der Waals surface area contributed by atoms with Gasteiger partial charge in [0.05, 0.1) is 19.9 Å². The van der Waals surface area contributed by atoms with E-state index in [0.717, 1.165) is 5.56 Å². The third kappa shape index (κ3) is 3.47. The summed E-state index contributed by atoms with van der Waals surface area (Å²) in [7, 11) is 3.14. The summed E-state index contributed by atoms with van der Waals surface area (Å²) in [5.74, 6) is 0.972. The van der Waals surface area contributed by atoms with Crippen LogP contribution in [-0.2, 0) is 4.79 Å². The molecular formula is C21H24N2O4. The van der Waals surface area contributed by atoms with Gasteiger partial charge in [-0.05, 0) is 37.6 Å². The number of carbonyl (C=O) groups excluding carboxylic acids is 2. The van der Waals surface area contributed by atoms with Gasteiger partial charge in [0.2, 0.25) is 5.91 Å². The molecule has 1 saturated heterocycles. The van der Waals surface area contributed by atoms with E-state index in [9.17, 15) is 9.59 Å². The number of aryl methyl sites for hydroxylation is 1. The minimum absolute atomic E-state index is 0.115. The van der Waals surface area contributed by atoms with E-state index in [2.05, 4.69) is 0 Å². The normalized spacial score (nSPS) is 17.0. The maximum absolute atomic E-state index is 13.0. The Morgan fingerprint density at radius 1 is 1.07 bits per heavy atom. The average Bonchev–Trinajstić information content (AvgIpc) is 2.69. The van der Waals surface area contributed by atoms with Crippen LogP contribution in [0.1, 0.15) is 22.8 Å². The molecular weight excluding hydrogens is 344 g/mol. The van der Waals surface area contributed by atoms with Gasteiger partial charge in [-0.3, -0.25) is 9.59 Å². The molecule has 6 heteroatoms. The molecule has 2 aromatic carbocycles. The zero-order chi connectivity index (χ0) is 19.6. The quantitative estimate of drug-likeness (QED) is 0.833. The van der Waals surface area contributed by atoms with Crippen LogP contribution in [0.25, 0.3) is 0 Å². The van der Waals surface area contributed by atoms with Crippen LogP contribution in [0.15, 0.2) is 42.5 Å². The van der Waals surface area contributed by atoms with E-state index < -0.39 is 6.04 Å². The van der Waals surface area contributed by atoms with Gasteiger partial charge in [0.25, 0.3) is 5.91 Å². The highest BCUT2D eigenvalue weighted by Crippen LogP contribution is 2.34. The Kier molecular flexibility index (Phi) is 5.35. The van der Waals surface area contributed by atoms with Crippen LogP contribution in [0, 0.1) is 6.92 Å². The summed E-state index contributed by atoms with van der Waals surface area (Å²) in [6, 6.07) is 12.2. The monoisotopic (exact) mass is 368 g/mol. The van der Waals surface area contributed by atoms with Crippen molar-refractivity contribution in [1.82, 2.24) is 4.90 Å². The fraction of sp³-hybridized carbons (Fsp3) is 0.333. The third-order valence-corrected chi connectivity index (χ3v) is 4.97. The highest BCUT2D eigenvalue weighted by Gasteiger charge is 2.36. The van der Waals surface area contributed by atoms with Crippen molar-refractivity contribution in [3.63, 3.8) is 0 Å². The largest absolute Gasteiger partial charge is 0.497 e. The van der Waals surface area contributed by atoms with E-state index in [0.29, 0.717) is 35.8 Å². The second-order valence-electron chi connectivity index (χ2n) is 6.52. The van der Waals surface area contributed by atoms with Crippen molar-refractivity contribution in [3.8, 4) is 11.5 Å². The fourth-order valence-corrected chi connectivity index (χ4v) is 3.36. The summed E-state index contributed by atoms with van der Waals surface area (Å²) < 4.78 is 10.6. The molecule has 1 aliphatic rings. The number of benzene rings is 2. The highest BCUT2D eigenvalue weighted by molar-refractivity contribution is 6.04. The first kappa shape index (κ1) is 18.8. The SMILES string of the molecule is COc1ccc(N2CCN(C(=O)c3ccccc3C)[C@@H](C)C2=O)c(OC)c1. The molecule has 0 bridgehead atoms. The smallest absolute Gasteiger partial charge is 0.254 e. The average molecular weight is 368 g/mol. The minimum Gasteiger partial charge on any atom is -0.497 e. The van der Waals surface area contributed by atoms with Crippen molar-refractivity contribution in [3.05, 3.63) is 53.6 Å². The Morgan fingerprint density at radius 2 is 1.81 bits per heavy atom. The molecule has 2 amide bonds. The van der Waals surface area contributed by atoms with Gasteiger partial charge in [0, 0.05) is 24.7 Å². The Labute approximate surface area is 159 Å². The Bertz CT molecular complexity index is 865. The maximum Gasteiger partial charge on any atom is 0.254 e. The topological polar surface area (TPSA) is 59.1 Å².